The van der Waals surface area contributed by atoms with Crippen molar-refractivity contribution in [2.45, 2.75) is 70.5 Å². The van der Waals surface area contributed by atoms with Crippen LogP contribution in [-0.4, -0.2) is 44.0 Å². The highest BCUT2D eigenvalue weighted by Crippen LogP contribution is 2.35. The SMILES string of the molecule is CC(C)N1CCCCC1c1nnc2n1C(CO)CCC2. The highest BCUT2D eigenvalue weighted by Gasteiger charge is 2.33. The molecule has 20 heavy (non-hydrogen) atoms. The lowest BCUT2D eigenvalue weighted by Gasteiger charge is -2.39. The summed E-state index contributed by atoms with van der Waals surface area (Å²) in [4.78, 5) is 2.55. The quantitative estimate of drug-likeness (QED) is 0.920. The molecule has 0 saturated carbocycles. The van der Waals surface area contributed by atoms with E-state index >= 15 is 0 Å². The van der Waals surface area contributed by atoms with Crippen LogP contribution in [0.5, 0.6) is 0 Å². The molecule has 1 aromatic rings. The molecule has 0 radical (unpaired) electrons. The maximum absolute atomic E-state index is 9.66. The van der Waals surface area contributed by atoms with Crippen LogP contribution in [0.1, 0.15) is 69.7 Å². The second kappa shape index (κ2) is 5.82. The van der Waals surface area contributed by atoms with Crippen LogP contribution < -0.4 is 0 Å². The first kappa shape index (κ1) is 14.0. The molecule has 0 aromatic carbocycles. The third kappa shape index (κ3) is 2.37. The van der Waals surface area contributed by atoms with Crippen molar-refractivity contribution in [1.29, 1.82) is 0 Å². The van der Waals surface area contributed by atoms with Gasteiger partial charge in [-0.1, -0.05) is 6.42 Å². The van der Waals surface area contributed by atoms with E-state index in [0.29, 0.717) is 12.1 Å². The van der Waals surface area contributed by atoms with E-state index in [4.69, 9.17) is 0 Å². The Kier molecular flexibility index (Phi) is 4.08. The summed E-state index contributed by atoms with van der Waals surface area (Å²) in [5.74, 6) is 2.16. The molecule has 2 unspecified atom stereocenters. The Morgan fingerprint density at radius 3 is 2.80 bits per heavy atom. The van der Waals surface area contributed by atoms with E-state index in [-0.39, 0.29) is 12.6 Å². The lowest BCUT2D eigenvalue weighted by molar-refractivity contribution is 0.0979. The largest absolute Gasteiger partial charge is 0.394 e. The first-order valence-electron chi connectivity index (χ1n) is 8.02. The average molecular weight is 278 g/mol. The fraction of sp³-hybridized carbons (Fsp3) is 0.867. The molecule has 0 amide bonds. The van der Waals surface area contributed by atoms with Crippen molar-refractivity contribution in [3.05, 3.63) is 11.6 Å². The van der Waals surface area contributed by atoms with Crippen LogP contribution in [0.25, 0.3) is 0 Å². The summed E-state index contributed by atoms with van der Waals surface area (Å²) in [5, 5.41) is 18.6. The summed E-state index contributed by atoms with van der Waals surface area (Å²) in [5.41, 5.74) is 0. The zero-order chi connectivity index (χ0) is 14.1. The van der Waals surface area contributed by atoms with Crippen LogP contribution in [0, 0.1) is 0 Å². The Morgan fingerprint density at radius 1 is 1.20 bits per heavy atom. The molecule has 2 aliphatic rings. The lowest BCUT2D eigenvalue weighted by Crippen LogP contribution is -2.40. The fourth-order valence-electron chi connectivity index (χ4n) is 3.78. The van der Waals surface area contributed by atoms with Crippen molar-refractivity contribution in [3.63, 3.8) is 0 Å². The summed E-state index contributed by atoms with van der Waals surface area (Å²) in [6.07, 6.45) is 6.86. The maximum Gasteiger partial charge on any atom is 0.150 e. The van der Waals surface area contributed by atoms with Gasteiger partial charge in [-0.05, 0) is 46.1 Å². The van der Waals surface area contributed by atoms with Gasteiger partial charge in [-0.3, -0.25) is 4.90 Å². The van der Waals surface area contributed by atoms with Crippen molar-refractivity contribution in [2.24, 2.45) is 0 Å². The number of aromatic nitrogens is 3. The molecule has 1 saturated heterocycles. The number of aliphatic hydroxyl groups excluding tert-OH is 1. The molecule has 112 valence electrons. The number of rotatable bonds is 3. The number of piperidine rings is 1. The zero-order valence-corrected chi connectivity index (χ0v) is 12.6. The molecular weight excluding hydrogens is 252 g/mol. The van der Waals surface area contributed by atoms with Crippen LogP contribution in [0.2, 0.25) is 0 Å². The third-order valence-electron chi connectivity index (χ3n) is 4.81. The van der Waals surface area contributed by atoms with Crippen LogP contribution in [0.4, 0.5) is 0 Å². The maximum atomic E-state index is 9.66. The molecule has 1 N–H and O–H groups in total. The van der Waals surface area contributed by atoms with E-state index in [2.05, 4.69) is 33.5 Å². The van der Waals surface area contributed by atoms with E-state index in [9.17, 15) is 5.11 Å². The van der Waals surface area contributed by atoms with Gasteiger partial charge in [0.2, 0.25) is 0 Å². The van der Waals surface area contributed by atoms with Crippen molar-refractivity contribution in [3.8, 4) is 0 Å². The molecule has 0 spiro atoms. The summed E-state index contributed by atoms with van der Waals surface area (Å²) in [7, 11) is 0. The third-order valence-corrected chi connectivity index (χ3v) is 4.81. The molecule has 2 aliphatic heterocycles. The van der Waals surface area contributed by atoms with Gasteiger partial charge in [0.05, 0.1) is 18.7 Å². The van der Waals surface area contributed by atoms with Gasteiger partial charge in [0.1, 0.15) is 5.82 Å². The van der Waals surface area contributed by atoms with Gasteiger partial charge in [0.15, 0.2) is 5.82 Å². The number of hydrogen-bond donors (Lipinski definition) is 1. The van der Waals surface area contributed by atoms with Gasteiger partial charge in [0.25, 0.3) is 0 Å². The molecule has 3 rings (SSSR count). The standard InChI is InChI=1S/C15H26N4O/c1-11(2)18-9-4-3-7-13(18)15-17-16-14-8-5-6-12(10-20)19(14)15/h11-13,20H,3-10H2,1-2H3. The van der Waals surface area contributed by atoms with E-state index in [1.807, 2.05) is 0 Å². The molecule has 5 heteroatoms. The minimum Gasteiger partial charge on any atom is -0.394 e. The minimum absolute atomic E-state index is 0.180. The topological polar surface area (TPSA) is 54.2 Å². The predicted octanol–water partition coefficient (Wildman–Crippen LogP) is 2.08. The number of likely N-dealkylation sites (tertiary alicyclic amines) is 1. The second-order valence-corrected chi connectivity index (χ2v) is 6.42. The minimum atomic E-state index is 0.180. The summed E-state index contributed by atoms with van der Waals surface area (Å²) < 4.78 is 2.24. The van der Waals surface area contributed by atoms with Crippen LogP contribution >= 0.6 is 0 Å². The number of hydrogen-bond acceptors (Lipinski definition) is 4. The Morgan fingerprint density at radius 2 is 2.05 bits per heavy atom. The molecule has 0 bridgehead atoms. The fourth-order valence-corrected chi connectivity index (χ4v) is 3.78. The van der Waals surface area contributed by atoms with E-state index in [1.165, 1.54) is 12.8 Å². The van der Waals surface area contributed by atoms with Gasteiger partial charge >= 0.3 is 0 Å². The van der Waals surface area contributed by atoms with Crippen molar-refractivity contribution < 1.29 is 5.11 Å². The number of fused-ring (bicyclic) bond motifs is 1. The predicted molar refractivity (Wildman–Crippen MR) is 77.5 cm³/mol. The van der Waals surface area contributed by atoms with Crippen LogP contribution in [0.3, 0.4) is 0 Å². The lowest BCUT2D eigenvalue weighted by atomic mass is 9.98. The molecule has 2 atom stereocenters. The number of nitrogens with zero attached hydrogens (tertiary/aromatic N) is 4. The van der Waals surface area contributed by atoms with Crippen molar-refractivity contribution in [2.75, 3.05) is 13.2 Å². The smallest absolute Gasteiger partial charge is 0.150 e. The molecule has 0 aliphatic carbocycles. The Bertz CT molecular complexity index is 457. The van der Waals surface area contributed by atoms with Gasteiger partial charge in [-0.2, -0.15) is 0 Å². The Labute approximate surface area is 121 Å². The first-order chi connectivity index (χ1) is 9.72. The van der Waals surface area contributed by atoms with Gasteiger partial charge in [-0.25, -0.2) is 0 Å². The summed E-state index contributed by atoms with van der Waals surface area (Å²) in [6, 6.07) is 1.08. The summed E-state index contributed by atoms with van der Waals surface area (Å²) >= 11 is 0. The van der Waals surface area contributed by atoms with Gasteiger partial charge in [0, 0.05) is 12.5 Å². The summed E-state index contributed by atoms with van der Waals surface area (Å²) in [6.45, 7) is 5.87. The monoisotopic (exact) mass is 278 g/mol. The number of aliphatic hydroxyl groups is 1. The van der Waals surface area contributed by atoms with E-state index in [0.717, 1.165) is 43.9 Å². The normalized spacial score (nSPS) is 27.8. The molecule has 1 fully saturated rings. The van der Waals surface area contributed by atoms with Crippen molar-refractivity contribution >= 4 is 0 Å². The average Bonchev–Trinajstić information content (AvgIpc) is 2.91. The van der Waals surface area contributed by atoms with Gasteiger partial charge < -0.3 is 9.67 Å². The molecule has 1 aromatic heterocycles. The molecule has 5 nitrogen and oxygen atoms in total. The Hall–Kier alpha value is -0.940. The van der Waals surface area contributed by atoms with E-state index in [1.54, 1.807) is 0 Å². The highest BCUT2D eigenvalue weighted by molar-refractivity contribution is 5.08. The van der Waals surface area contributed by atoms with Crippen molar-refractivity contribution in [1.82, 2.24) is 19.7 Å². The molecular formula is C15H26N4O. The molecule has 3 heterocycles. The highest BCUT2D eigenvalue weighted by atomic mass is 16.3. The van der Waals surface area contributed by atoms with Gasteiger partial charge in [-0.15, -0.1) is 10.2 Å². The second-order valence-electron chi connectivity index (χ2n) is 6.42. The van der Waals surface area contributed by atoms with Crippen LogP contribution in [-0.2, 0) is 6.42 Å². The van der Waals surface area contributed by atoms with Crippen LogP contribution in [0.15, 0.2) is 0 Å². The van der Waals surface area contributed by atoms with E-state index < -0.39 is 0 Å². The first-order valence-corrected chi connectivity index (χ1v) is 8.02. The zero-order valence-electron chi connectivity index (χ0n) is 12.6. The Balaban J connectivity index is 1.95. The number of aryl methyl sites for hydroxylation is 1.